The molecule has 4 aliphatic rings. The maximum absolute atomic E-state index is 13.6. The lowest BCUT2D eigenvalue weighted by molar-refractivity contribution is -0.125. The van der Waals surface area contributed by atoms with Crippen molar-refractivity contribution in [3.8, 4) is 0 Å². The van der Waals surface area contributed by atoms with E-state index in [1.807, 2.05) is 56.3 Å². The third kappa shape index (κ3) is 2.16. The summed E-state index contributed by atoms with van der Waals surface area (Å²) < 4.78 is 0. The van der Waals surface area contributed by atoms with Crippen molar-refractivity contribution >= 4 is 34.8 Å². The van der Waals surface area contributed by atoms with E-state index in [-0.39, 0.29) is 47.5 Å². The summed E-state index contributed by atoms with van der Waals surface area (Å²) in [5.41, 5.74) is 4.31. The SMILES string of the molecule is Cc1cccc(C)c1N1C(=O)[C@@H]2[C@H]3C[C@@H]([C@@H]4C(c5ccccc5Cl)=NO[C@H]34)[C@@H]2C1=O. The van der Waals surface area contributed by atoms with Gasteiger partial charge in [0.25, 0.3) is 0 Å². The second kappa shape index (κ2) is 6.17. The van der Waals surface area contributed by atoms with E-state index in [1.165, 1.54) is 4.90 Å². The van der Waals surface area contributed by atoms with E-state index in [4.69, 9.17) is 16.4 Å². The third-order valence-corrected chi connectivity index (χ3v) is 7.83. The number of benzene rings is 2. The van der Waals surface area contributed by atoms with E-state index in [2.05, 4.69) is 5.16 Å². The maximum atomic E-state index is 13.6. The molecule has 6 rings (SSSR count). The Labute approximate surface area is 179 Å². The first-order valence-corrected chi connectivity index (χ1v) is 10.8. The Morgan fingerprint density at radius 3 is 2.30 bits per heavy atom. The minimum Gasteiger partial charge on any atom is -0.391 e. The molecule has 2 heterocycles. The Morgan fingerprint density at radius 2 is 1.60 bits per heavy atom. The van der Waals surface area contributed by atoms with Crippen LogP contribution >= 0.6 is 11.6 Å². The fourth-order valence-electron chi connectivity index (χ4n) is 6.40. The number of carbonyl (C=O) groups is 2. The van der Waals surface area contributed by atoms with Gasteiger partial charge < -0.3 is 4.84 Å². The summed E-state index contributed by atoms with van der Waals surface area (Å²) in [6.45, 7) is 3.90. The smallest absolute Gasteiger partial charge is 0.238 e. The molecule has 2 aromatic rings. The summed E-state index contributed by atoms with van der Waals surface area (Å²) in [5.74, 6) is -0.707. The number of carbonyl (C=O) groups excluding carboxylic acids is 2. The van der Waals surface area contributed by atoms with Gasteiger partial charge in [-0.3, -0.25) is 9.59 Å². The summed E-state index contributed by atoms with van der Waals surface area (Å²) in [6, 6.07) is 13.5. The molecule has 1 saturated heterocycles. The number of halogens is 1. The van der Waals surface area contributed by atoms with Gasteiger partial charge in [-0.05, 0) is 43.4 Å². The van der Waals surface area contributed by atoms with Crippen LogP contribution in [-0.2, 0) is 14.4 Å². The highest BCUT2D eigenvalue weighted by atomic mass is 35.5. The van der Waals surface area contributed by atoms with Crippen LogP contribution in [-0.4, -0.2) is 23.6 Å². The van der Waals surface area contributed by atoms with Gasteiger partial charge in [-0.15, -0.1) is 0 Å². The Bertz CT molecular complexity index is 1120. The normalized spacial score (nSPS) is 33.6. The van der Waals surface area contributed by atoms with Crippen LogP contribution < -0.4 is 4.90 Å². The van der Waals surface area contributed by atoms with Gasteiger partial charge in [-0.25, -0.2) is 4.90 Å². The molecule has 2 aromatic carbocycles. The van der Waals surface area contributed by atoms with Crippen molar-refractivity contribution in [3.05, 3.63) is 64.2 Å². The number of para-hydroxylation sites is 1. The van der Waals surface area contributed by atoms with Gasteiger partial charge in [0.1, 0.15) is 6.10 Å². The molecule has 2 saturated carbocycles. The average Bonchev–Trinajstić information content (AvgIpc) is 3.45. The molecule has 2 aliphatic carbocycles. The molecule has 3 fully saturated rings. The number of fused-ring (bicyclic) bond motifs is 8. The van der Waals surface area contributed by atoms with Crippen LogP contribution in [0.2, 0.25) is 5.02 Å². The lowest BCUT2D eigenvalue weighted by atomic mass is 9.71. The molecular weight excluding hydrogens is 400 g/mol. The highest BCUT2D eigenvalue weighted by molar-refractivity contribution is 6.34. The second-order valence-electron chi connectivity index (χ2n) is 8.92. The average molecular weight is 421 g/mol. The molecule has 2 bridgehead atoms. The largest absolute Gasteiger partial charge is 0.391 e. The van der Waals surface area contributed by atoms with Crippen LogP contribution in [0.3, 0.4) is 0 Å². The van der Waals surface area contributed by atoms with Crippen LogP contribution in [0.5, 0.6) is 0 Å². The fourth-order valence-corrected chi connectivity index (χ4v) is 6.63. The summed E-state index contributed by atoms with van der Waals surface area (Å²) in [6.07, 6.45) is 0.670. The van der Waals surface area contributed by atoms with Gasteiger partial charge in [0, 0.05) is 22.4 Å². The number of amides is 2. The van der Waals surface area contributed by atoms with Crippen LogP contribution in [0.4, 0.5) is 5.69 Å². The molecular formula is C24H21ClN2O3. The fraction of sp³-hybridized carbons (Fsp3) is 0.375. The molecule has 152 valence electrons. The van der Waals surface area contributed by atoms with Gasteiger partial charge in [-0.1, -0.05) is 53.2 Å². The van der Waals surface area contributed by atoms with E-state index in [0.717, 1.165) is 34.5 Å². The molecule has 0 unspecified atom stereocenters. The van der Waals surface area contributed by atoms with Crippen LogP contribution in [0.1, 0.15) is 23.1 Å². The third-order valence-electron chi connectivity index (χ3n) is 7.50. The second-order valence-corrected chi connectivity index (χ2v) is 9.33. The van der Waals surface area contributed by atoms with Crippen molar-refractivity contribution in [1.29, 1.82) is 0 Å². The Morgan fingerprint density at radius 1 is 0.933 bits per heavy atom. The molecule has 0 spiro atoms. The predicted molar refractivity (Wildman–Crippen MR) is 113 cm³/mol. The molecule has 30 heavy (non-hydrogen) atoms. The molecule has 0 radical (unpaired) electrons. The predicted octanol–water partition coefficient (Wildman–Crippen LogP) is 4.13. The summed E-state index contributed by atoms with van der Waals surface area (Å²) >= 11 is 6.43. The zero-order chi connectivity index (χ0) is 20.7. The van der Waals surface area contributed by atoms with Crippen LogP contribution in [0, 0.1) is 43.4 Å². The van der Waals surface area contributed by atoms with E-state index in [0.29, 0.717) is 5.02 Å². The topological polar surface area (TPSA) is 59.0 Å². The first-order chi connectivity index (χ1) is 14.5. The Hall–Kier alpha value is -2.66. The van der Waals surface area contributed by atoms with E-state index in [1.54, 1.807) is 0 Å². The lowest BCUT2D eigenvalue weighted by Gasteiger charge is -2.30. The van der Waals surface area contributed by atoms with Crippen molar-refractivity contribution in [1.82, 2.24) is 0 Å². The van der Waals surface area contributed by atoms with Crippen molar-refractivity contribution in [3.63, 3.8) is 0 Å². The summed E-state index contributed by atoms with van der Waals surface area (Å²) in [7, 11) is 0. The minimum atomic E-state index is -0.316. The Balaban J connectivity index is 1.40. The van der Waals surface area contributed by atoms with E-state index in [9.17, 15) is 9.59 Å². The summed E-state index contributed by atoms with van der Waals surface area (Å²) in [4.78, 5) is 34.4. The highest BCUT2D eigenvalue weighted by Crippen LogP contribution is 2.62. The summed E-state index contributed by atoms with van der Waals surface area (Å²) in [5, 5.41) is 5.00. The van der Waals surface area contributed by atoms with Crippen molar-refractivity contribution < 1.29 is 14.4 Å². The van der Waals surface area contributed by atoms with Crippen molar-refractivity contribution in [2.45, 2.75) is 26.4 Å². The molecule has 5 nitrogen and oxygen atoms in total. The number of imide groups is 1. The molecule has 6 heteroatoms. The number of anilines is 1. The number of nitrogens with zero attached hydrogens (tertiary/aromatic N) is 2. The number of hydrogen-bond acceptors (Lipinski definition) is 4. The maximum Gasteiger partial charge on any atom is 0.238 e. The van der Waals surface area contributed by atoms with E-state index < -0.39 is 0 Å². The van der Waals surface area contributed by atoms with E-state index >= 15 is 0 Å². The zero-order valence-corrected chi connectivity index (χ0v) is 17.5. The number of oxime groups is 1. The standard InChI is InChI=1S/C24H21ClN2O3/c1-11-6-5-7-12(2)21(11)27-23(28)17-14-10-15(18(17)24(27)29)22-19(14)20(26-30-22)13-8-3-4-9-16(13)25/h3-9,14-15,17-19,22H,10H2,1-2H3/t14-,15-,17+,18-,19-,22-/m1/s1. The van der Waals surface area contributed by atoms with Gasteiger partial charge in [0.2, 0.25) is 11.8 Å². The van der Waals surface area contributed by atoms with Gasteiger partial charge in [0.05, 0.1) is 23.2 Å². The minimum absolute atomic E-state index is 0.00539. The van der Waals surface area contributed by atoms with Gasteiger partial charge in [0.15, 0.2) is 0 Å². The molecule has 0 aromatic heterocycles. The molecule has 0 N–H and O–H groups in total. The quantitative estimate of drug-likeness (QED) is 0.686. The zero-order valence-electron chi connectivity index (χ0n) is 16.7. The number of hydrogen-bond donors (Lipinski definition) is 0. The highest BCUT2D eigenvalue weighted by Gasteiger charge is 2.70. The molecule has 6 atom stereocenters. The number of rotatable bonds is 2. The van der Waals surface area contributed by atoms with Crippen LogP contribution in [0.15, 0.2) is 47.6 Å². The first kappa shape index (κ1) is 18.1. The molecule has 2 aliphatic heterocycles. The lowest BCUT2D eigenvalue weighted by Crippen LogP contribution is -2.41. The monoisotopic (exact) mass is 420 g/mol. The number of aryl methyl sites for hydroxylation is 2. The van der Waals surface area contributed by atoms with Crippen LogP contribution in [0.25, 0.3) is 0 Å². The Kier molecular flexibility index (Phi) is 3.73. The van der Waals surface area contributed by atoms with Gasteiger partial charge in [-0.2, -0.15) is 0 Å². The van der Waals surface area contributed by atoms with Gasteiger partial charge >= 0.3 is 0 Å². The first-order valence-electron chi connectivity index (χ1n) is 10.4. The molecule has 2 amide bonds. The van der Waals surface area contributed by atoms with Crippen molar-refractivity contribution in [2.75, 3.05) is 4.90 Å². The van der Waals surface area contributed by atoms with Crippen molar-refractivity contribution in [2.24, 2.45) is 34.7 Å².